The van der Waals surface area contributed by atoms with Crippen LogP contribution in [-0.4, -0.2) is 46.7 Å². The van der Waals surface area contributed by atoms with Crippen molar-refractivity contribution >= 4 is 40.3 Å². The Morgan fingerprint density at radius 2 is 1.79 bits per heavy atom. The van der Waals surface area contributed by atoms with Crippen LogP contribution in [0.4, 0.5) is 4.39 Å². The van der Waals surface area contributed by atoms with Crippen molar-refractivity contribution in [1.82, 2.24) is 9.80 Å². The minimum Gasteiger partial charge on any atom is -0.334 e. The Labute approximate surface area is 182 Å². The predicted octanol–water partition coefficient (Wildman–Crippen LogP) is 3.97. The fourth-order valence-corrected chi connectivity index (χ4v) is 4.90. The molecule has 0 radical (unpaired) electrons. The maximum absolute atomic E-state index is 13.5. The molecule has 2 aromatic carbocycles. The first-order valence-electron chi connectivity index (χ1n) is 9.59. The summed E-state index contributed by atoms with van der Waals surface area (Å²) >= 11 is 1.96. The number of halogens is 2. The molecule has 0 spiro atoms. The monoisotopic (exact) mass is 506 g/mol. The molecule has 4 rings (SSSR count). The van der Waals surface area contributed by atoms with E-state index in [0.717, 1.165) is 12.8 Å². The highest BCUT2D eigenvalue weighted by Crippen LogP contribution is 2.30. The van der Waals surface area contributed by atoms with Gasteiger partial charge in [0.05, 0.1) is 29.3 Å². The van der Waals surface area contributed by atoms with Gasteiger partial charge in [-0.3, -0.25) is 19.3 Å². The molecule has 0 saturated carbocycles. The van der Waals surface area contributed by atoms with Crippen LogP contribution in [0.3, 0.4) is 0 Å². The van der Waals surface area contributed by atoms with Crippen LogP contribution in [0.1, 0.15) is 50.8 Å². The van der Waals surface area contributed by atoms with Gasteiger partial charge in [0.2, 0.25) is 0 Å². The fraction of sp³-hybridized carbons (Fsp3) is 0.318. The van der Waals surface area contributed by atoms with Crippen LogP contribution >= 0.6 is 22.6 Å². The van der Waals surface area contributed by atoms with Gasteiger partial charge in [-0.2, -0.15) is 0 Å². The molecule has 5 nitrogen and oxygen atoms in total. The molecule has 29 heavy (non-hydrogen) atoms. The first-order valence-corrected chi connectivity index (χ1v) is 10.7. The molecule has 2 aromatic rings. The van der Waals surface area contributed by atoms with Gasteiger partial charge in [0.25, 0.3) is 17.7 Å². The molecule has 0 aliphatic carbocycles. The van der Waals surface area contributed by atoms with E-state index in [1.54, 1.807) is 29.2 Å². The van der Waals surface area contributed by atoms with Gasteiger partial charge >= 0.3 is 0 Å². The molecule has 7 heteroatoms. The van der Waals surface area contributed by atoms with Gasteiger partial charge in [-0.1, -0.05) is 19.1 Å². The lowest BCUT2D eigenvalue weighted by Gasteiger charge is -2.41. The highest BCUT2D eigenvalue weighted by Gasteiger charge is 2.41. The van der Waals surface area contributed by atoms with E-state index in [2.05, 4.69) is 0 Å². The normalized spacial score (nSPS) is 21.5. The van der Waals surface area contributed by atoms with Gasteiger partial charge in [-0.05, 0) is 71.7 Å². The zero-order valence-electron chi connectivity index (χ0n) is 15.9. The molecular weight excluding hydrogens is 486 g/mol. The Hall–Kier alpha value is -2.29. The summed E-state index contributed by atoms with van der Waals surface area (Å²) in [6, 6.07) is 10.6. The number of likely N-dealkylation sites (tertiary alicyclic amines) is 1. The summed E-state index contributed by atoms with van der Waals surface area (Å²) in [5.74, 6) is -1.07. The van der Waals surface area contributed by atoms with Crippen LogP contribution in [0.2, 0.25) is 0 Å². The third kappa shape index (κ3) is 3.56. The van der Waals surface area contributed by atoms with Crippen molar-refractivity contribution in [2.24, 2.45) is 5.92 Å². The number of hydrogen-bond donors (Lipinski definition) is 0. The van der Waals surface area contributed by atoms with Crippen LogP contribution in [0.5, 0.6) is 0 Å². The fourth-order valence-electron chi connectivity index (χ4n) is 4.19. The quantitative estimate of drug-likeness (QED) is 0.468. The molecule has 2 heterocycles. The molecule has 3 amide bonds. The number of amides is 3. The summed E-state index contributed by atoms with van der Waals surface area (Å²) in [5.41, 5.74) is 1.26. The zero-order valence-corrected chi connectivity index (χ0v) is 18.1. The molecule has 2 atom stereocenters. The van der Waals surface area contributed by atoms with E-state index >= 15 is 0 Å². The lowest BCUT2D eigenvalue weighted by molar-refractivity contribution is 0.0368. The van der Waals surface area contributed by atoms with Crippen LogP contribution in [0.25, 0.3) is 0 Å². The zero-order chi connectivity index (χ0) is 20.7. The Balaban J connectivity index is 1.62. The first kappa shape index (κ1) is 20.0. The van der Waals surface area contributed by atoms with E-state index in [0.29, 0.717) is 26.8 Å². The molecule has 1 fully saturated rings. The molecule has 1 unspecified atom stereocenters. The van der Waals surface area contributed by atoms with Crippen molar-refractivity contribution in [3.8, 4) is 0 Å². The van der Waals surface area contributed by atoms with Gasteiger partial charge < -0.3 is 4.90 Å². The number of rotatable bonds is 3. The van der Waals surface area contributed by atoms with E-state index in [1.165, 1.54) is 23.1 Å². The minimum absolute atomic E-state index is 0.134. The summed E-state index contributed by atoms with van der Waals surface area (Å²) in [7, 11) is 0. The number of hydrogen-bond acceptors (Lipinski definition) is 3. The van der Waals surface area contributed by atoms with E-state index in [-0.39, 0.29) is 42.0 Å². The standard InChI is InChI=1S/C22H20FIN2O3/c1-13-5-4-10-25(22(29)17-9-8-14(23)11-18(17)24)19(13)12-26-20(27)15-6-2-3-7-16(15)21(26)28/h2-3,6-9,11,13,19H,4-5,10,12H2,1H3/t13-,19?/m1/s1. The van der Waals surface area contributed by atoms with Crippen molar-refractivity contribution in [1.29, 1.82) is 0 Å². The average Bonchev–Trinajstić information content (AvgIpc) is 2.94. The molecule has 0 N–H and O–H groups in total. The minimum atomic E-state index is -0.388. The molecule has 1 saturated heterocycles. The van der Waals surface area contributed by atoms with Gasteiger partial charge in [0.15, 0.2) is 0 Å². The number of piperidine rings is 1. The molecule has 2 aliphatic heterocycles. The molecule has 2 aliphatic rings. The Kier molecular flexibility index (Phi) is 5.42. The summed E-state index contributed by atoms with van der Waals surface area (Å²) in [5, 5.41) is 0. The third-order valence-corrected chi connectivity index (χ3v) is 6.68. The van der Waals surface area contributed by atoms with Crippen LogP contribution in [-0.2, 0) is 0 Å². The van der Waals surface area contributed by atoms with Gasteiger partial charge in [-0.25, -0.2) is 4.39 Å². The number of fused-ring (bicyclic) bond motifs is 1. The van der Waals surface area contributed by atoms with Crippen molar-refractivity contribution < 1.29 is 18.8 Å². The number of nitrogens with zero attached hydrogens (tertiary/aromatic N) is 2. The maximum Gasteiger partial charge on any atom is 0.261 e. The van der Waals surface area contributed by atoms with E-state index in [1.807, 2.05) is 29.5 Å². The van der Waals surface area contributed by atoms with Gasteiger partial charge in [0.1, 0.15) is 5.82 Å². The van der Waals surface area contributed by atoms with E-state index in [4.69, 9.17) is 0 Å². The van der Waals surface area contributed by atoms with Crippen molar-refractivity contribution in [2.45, 2.75) is 25.8 Å². The van der Waals surface area contributed by atoms with Crippen molar-refractivity contribution in [2.75, 3.05) is 13.1 Å². The number of imide groups is 1. The Morgan fingerprint density at radius 3 is 2.41 bits per heavy atom. The number of carbonyl (C=O) groups excluding carboxylic acids is 3. The van der Waals surface area contributed by atoms with Crippen LogP contribution in [0, 0.1) is 15.3 Å². The summed E-state index contributed by atoms with van der Waals surface area (Å²) < 4.78 is 14.0. The topological polar surface area (TPSA) is 57.7 Å². The van der Waals surface area contributed by atoms with Gasteiger partial charge in [0, 0.05) is 10.1 Å². The van der Waals surface area contributed by atoms with E-state index < -0.39 is 0 Å². The van der Waals surface area contributed by atoms with Gasteiger partial charge in [-0.15, -0.1) is 0 Å². The molecule has 0 bridgehead atoms. The second-order valence-electron chi connectivity index (χ2n) is 7.58. The Morgan fingerprint density at radius 1 is 1.14 bits per heavy atom. The summed E-state index contributed by atoms with van der Waals surface area (Å²) in [4.78, 5) is 41.8. The summed E-state index contributed by atoms with van der Waals surface area (Å²) in [6.45, 7) is 2.75. The average molecular weight is 506 g/mol. The molecule has 150 valence electrons. The SMILES string of the molecule is C[C@@H]1CCCN(C(=O)c2ccc(F)cc2I)C1CN1C(=O)c2ccccc2C1=O. The van der Waals surface area contributed by atoms with Crippen LogP contribution < -0.4 is 0 Å². The van der Waals surface area contributed by atoms with Crippen molar-refractivity contribution in [3.63, 3.8) is 0 Å². The predicted molar refractivity (Wildman–Crippen MR) is 114 cm³/mol. The second-order valence-corrected chi connectivity index (χ2v) is 8.74. The Bertz CT molecular complexity index is 974. The lowest BCUT2D eigenvalue weighted by Crippen LogP contribution is -2.54. The third-order valence-electron chi connectivity index (χ3n) is 5.79. The second kappa shape index (κ2) is 7.85. The summed E-state index contributed by atoms with van der Waals surface area (Å²) in [6.07, 6.45) is 1.77. The largest absolute Gasteiger partial charge is 0.334 e. The van der Waals surface area contributed by atoms with Crippen LogP contribution in [0.15, 0.2) is 42.5 Å². The maximum atomic E-state index is 13.5. The smallest absolute Gasteiger partial charge is 0.261 e. The highest BCUT2D eigenvalue weighted by molar-refractivity contribution is 14.1. The molecule has 0 aromatic heterocycles. The number of benzene rings is 2. The van der Waals surface area contributed by atoms with E-state index in [9.17, 15) is 18.8 Å². The highest BCUT2D eigenvalue weighted by atomic mass is 127. The van der Waals surface area contributed by atoms with Crippen molar-refractivity contribution in [3.05, 3.63) is 68.5 Å². The lowest BCUT2D eigenvalue weighted by atomic mass is 9.89. The number of carbonyl (C=O) groups is 3. The molecular formula is C22H20FIN2O3. The first-order chi connectivity index (χ1) is 13.9.